The van der Waals surface area contributed by atoms with E-state index in [0.717, 1.165) is 0 Å². The number of carbonyl (C=O) groups is 1. The lowest BCUT2D eigenvalue weighted by molar-refractivity contribution is -0.133. The van der Waals surface area contributed by atoms with Crippen LogP contribution in [0.4, 0.5) is 5.82 Å². The highest BCUT2D eigenvalue weighted by Crippen LogP contribution is 2.26. The Morgan fingerprint density at radius 2 is 2.06 bits per heavy atom. The third-order valence-corrected chi connectivity index (χ3v) is 2.78. The molecule has 0 radical (unpaired) electrons. The van der Waals surface area contributed by atoms with Gasteiger partial charge in [0.15, 0.2) is 11.0 Å². The molecule has 0 aliphatic rings. The second-order valence-corrected chi connectivity index (χ2v) is 4.23. The van der Waals surface area contributed by atoms with Crippen LogP contribution in [-0.2, 0) is 9.53 Å². The zero-order chi connectivity index (χ0) is 12.3. The summed E-state index contributed by atoms with van der Waals surface area (Å²) in [7, 11) is 1.44. The van der Waals surface area contributed by atoms with E-state index in [1.54, 1.807) is 13.8 Å². The molecule has 0 fully saturated rings. The predicted octanol–water partition coefficient (Wildman–Crippen LogP) is 2.15. The van der Waals surface area contributed by atoms with E-state index in [1.807, 2.05) is 0 Å². The van der Waals surface area contributed by atoms with E-state index in [9.17, 15) is 4.79 Å². The van der Waals surface area contributed by atoms with Crippen molar-refractivity contribution in [3.8, 4) is 0 Å². The van der Waals surface area contributed by atoms with E-state index in [2.05, 4.69) is 15.3 Å². The van der Waals surface area contributed by atoms with Crippen LogP contribution in [0.1, 0.15) is 13.8 Å². The van der Waals surface area contributed by atoms with Crippen molar-refractivity contribution in [1.29, 1.82) is 0 Å². The van der Waals surface area contributed by atoms with Gasteiger partial charge in [0.25, 0.3) is 5.91 Å². The van der Waals surface area contributed by atoms with Crippen molar-refractivity contribution >= 4 is 34.9 Å². The monoisotopic (exact) mass is 263 g/mol. The molecule has 1 amide bonds. The molecule has 7 heteroatoms. The van der Waals surface area contributed by atoms with Crippen molar-refractivity contribution in [2.24, 2.45) is 0 Å². The molecular formula is C9H11Cl2N3O2. The van der Waals surface area contributed by atoms with Gasteiger partial charge in [-0.05, 0) is 13.8 Å². The fourth-order valence-corrected chi connectivity index (χ4v) is 1.06. The van der Waals surface area contributed by atoms with Gasteiger partial charge in [0.05, 0.1) is 0 Å². The number of anilines is 1. The molecule has 5 nitrogen and oxygen atoms in total. The van der Waals surface area contributed by atoms with Gasteiger partial charge in [-0.15, -0.1) is 0 Å². The number of aromatic nitrogens is 2. The molecule has 0 saturated carbocycles. The second-order valence-electron chi connectivity index (χ2n) is 3.50. The summed E-state index contributed by atoms with van der Waals surface area (Å²) in [6.07, 6.45) is 1.21. The Balaban J connectivity index is 2.90. The number of rotatable bonds is 3. The molecule has 1 rings (SSSR count). The summed E-state index contributed by atoms with van der Waals surface area (Å²) in [4.78, 5) is 19.2. The van der Waals surface area contributed by atoms with E-state index in [-0.39, 0.29) is 21.9 Å². The first-order valence-corrected chi connectivity index (χ1v) is 5.16. The van der Waals surface area contributed by atoms with Crippen molar-refractivity contribution in [2.45, 2.75) is 19.4 Å². The molecule has 1 aromatic heterocycles. The van der Waals surface area contributed by atoms with Gasteiger partial charge in [0, 0.05) is 7.11 Å². The number of nitrogens with one attached hydrogen (secondary N) is 1. The maximum Gasteiger partial charge on any atom is 0.257 e. The fourth-order valence-electron chi connectivity index (χ4n) is 0.786. The maximum absolute atomic E-state index is 11.7. The summed E-state index contributed by atoms with van der Waals surface area (Å²) < 4.78 is 5.01. The van der Waals surface area contributed by atoms with Crippen LogP contribution >= 0.6 is 23.2 Å². The minimum Gasteiger partial charge on any atom is -0.369 e. The van der Waals surface area contributed by atoms with E-state index in [4.69, 9.17) is 27.9 Å². The Morgan fingerprint density at radius 3 is 2.62 bits per heavy atom. The van der Waals surface area contributed by atoms with Crippen molar-refractivity contribution in [3.63, 3.8) is 0 Å². The number of halogens is 2. The van der Waals surface area contributed by atoms with E-state index >= 15 is 0 Å². The third kappa shape index (κ3) is 2.81. The Bertz CT molecular complexity index is 410. The molecular weight excluding hydrogens is 253 g/mol. The lowest BCUT2D eigenvalue weighted by atomic mass is 10.1. The Hall–Kier alpha value is -0.910. The molecule has 1 heterocycles. The molecule has 0 bridgehead atoms. The standard InChI is InChI=1S/C9H11Cl2N3O2/c1-9(2,16-3)8(15)14-7-5(10)6(11)12-4-13-7/h4H,1-3H3,(H,12,13,14,15). The van der Waals surface area contributed by atoms with Crippen LogP contribution in [0, 0.1) is 0 Å². The number of methoxy groups -OCH3 is 1. The quantitative estimate of drug-likeness (QED) is 0.849. The molecule has 0 aromatic carbocycles. The van der Waals surface area contributed by atoms with Crippen LogP contribution in [0.5, 0.6) is 0 Å². The highest BCUT2D eigenvalue weighted by Gasteiger charge is 2.28. The zero-order valence-corrected chi connectivity index (χ0v) is 10.6. The van der Waals surface area contributed by atoms with Crippen LogP contribution in [0.25, 0.3) is 0 Å². The fraction of sp³-hybridized carbons (Fsp3) is 0.444. The molecule has 0 aliphatic heterocycles. The smallest absolute Gasteiger partial charge is 0.257 e. The molecule has 88 valence electrons. The van der Waals surface area contributed by atoms with Crippen LogP contribution < -0.4 is 5.32 Å². The SMILES string of the molecule is COC(C)(C)C(=O)Nc1ncnc(Cl)c1Cl. The molecule has 1 aromatic rings. The van der Waals surface area contributed by atoms with Gasteiger partial charge < -0.3 is 10.1 Å². The van der Waals surface area contributed by atoms with Crippen LogP contribution in [0.15, 0.2) is 6.33 Å². The Kier molecular flexibility index (Phi) is 4.07. The summed E-state index contributed by atoms with van der Waals surface area (Å²) in [5, 5.41) is 2.70. The summed E-state index contributed by atoms with van der Waals surface area (Å²) in [5.41, 5.74) is -0.971. The highest BCUT2D eigenvalue weighted by molar-refractivity contribution is 6.42. The van der Waals surface area contributed by atoms with E-state index < -0.39 is 5.60 Å². The van der Waals surface area contributed by atoms with Gasteiger partial charge >= 0.3 is 0 Å². The molecule has 1 N–H and O–H groups in total. The summed E-state index contributed by atoms with van der Waals surface area (Å²) in [6, 6.07) is 0. The second kappa shape index (κ2) is 4.95. The van der Waals surface area contributed by atoms with Crippen molar-refractivity contribution in [2.75, 3.05) is 12.4 Å². The first-order chi connectivity index (χ1) is 7.38. The lowest BCUT2D eigenvalue weighted by Crippen LogP contribution is -2.39. The van der Waals surface area contributed by atoms with Gasteiger partial charge in [0.1, 0.15) is 17.0 Å². The van der Waals surface area contributed by atoms with Gasteiger partial charge in [0.2, 0.25) is 0 Å². The maximum atomic E-state index is 11.7. The summed E-state index contributed by atoms with van der Waals surface area (Å²) in [6.45, 7) is 3.25. The Morgan fingerprint density at radius 1 is 1.44 bits per heavy atom. The minimum atomic E-state index is -0.971. The molecule has 0 unspecified atom stereocenters. The van der Waals surface area contributed by atoms with E-state index in [1.165, 1.54) is 13.4 Å². The van der Waals surface area contributed by atoms with Gasteiger partial charge in [-0.1, -0.05) is 23.2 Å². The predicted molar refractivity (Wildman–Crippen MR) is 61.8 cm³/mol. The molecule has 0 saturated heterocycles. The first kappa shape index (κ1) is 13.2. The Labute approximate surface area is 103 Å². The minimum absolute atomic E-state index is 0.0854. The van der Waals surface area contributed by atoms with Gasteiger partial charge in [-0.25, -0.2) is 9.97 Å². The average Bonchev–Trinajstić information content (AvgIpc) is 2.24. The lowest BCUT2D eigenvalue weighted by Gasteiger charge is -2.21. The number of amides is 1. The van der Waals surface area contributed by atoms with Gasteiger partial charge in [-0.3, -0.25) is 4.79 Å². The molecule has 0 atom stereocenters. The van der Waals surface area contributed by atoms with Crippen molar-refractivity contribution in [3.05, 3.63) is 16.5 Å². The number of hydrogen-bond acceptors (Lipinski definition) is 4. The molecule has 0 spiro atoms. The average molecular weight is 264 g/mol. The number of nitrogens with zero attached hydrogens (tertiary/aromatic N) is 2. The van der Waals surface area contributed by atoms with Crippen LogP contribution in [0.3, 0.4) is 0 Å². The van der Waals surface area contributed by atoms with E-state index in [0.29, 0.717) is 0 Å². The third-order valence-electron chi connectivity index (χ3n) is 2.04. The van der Waals surface area contributed by atoms with Gasteiger partial charge in [-0.2, -0.15) is 0 Å². The number of ether oxygens (including phenoxy) is 1. The van der Waals surface area contributed by atoms with Crippen LogP contribution in [0.2, 0.25) is 10.2 Å². The molecule has 16 heavy (non-hydrogen) atoms. The number of hydrogen-bond donors (Lipinski definition) is 1. The number of carbonyl (C=O) groups excluding carboxylic acids is 1. The molecule has 0 aliphatic carbocycles. The normalized spacial score (nSPS) is 11.3. The topological polar surface area (TPSA) is 64.1 Å². The van der Waals surface area contributed by atoms with Crippen LogP contribution in [-0.4, -0.2) is 28.6 Å². The summed E-state index contributed by atoms with van der Waals surface area (Å²) in [5.74, 6) is -0.205. The first-order valence-electron chi connectivity index (χ1n) is 4.41. The zero-order valence-electron chi connectivity index (χ0n) is 9.04. The highest BCUT2D eigenvalue weighted by atomic mass is 35.5. The van der Waals surface area contributed by atoms with Crippen molar-refractivity contribution in [1.82, 2.24) is 9.97 Å². The summed E-state index contributed by atoms with van der Waals surface area (Å²) >= 11 is 11.5. The largest absolute Gasteiger partial charge is 0.369 e. The van der Waals surface area contributed by atoms with Crippen molar-refractivity contribution < 1.29 is 9.53 Å².